The van der Waals surface area contributed by atoms with Crippen molar-refractivity contribution in [3.8, 4) is 11.5 Å². The molecule has 0 N–H and O–H groups in total. The van der Waals surface area contributed by atoms with Crippen molar-refractivity contribution in [2.45, 2.75) is 6.61 Å². The van der Waals surface area contributed by atoms with Gasteiger partial charge in [0.1, 0.15) is 19.3 Å². The van der Waals surface area contributed by atoms with Gasteiger partial charge in [-0.3, -0.25) is 0 Å². The number of rotatable bonds is 6. The van der Waals surface area contributed by atoms with E-state index in [0.29, 0.717) is 28.2 Å². The lowest BCUT2D eigenvalue weighted by Gasteiger charge is -2.14. The van der Waals surface area contributed by atoms with Crippen molar-refractivity contribution in [3.63, 3.8) is 0 Å². The fourth-order valence-electron chi connectivity index (χ4n) is 2.13. The molecule has 0 radical (unpaired) electrons. The standard InChI is InChI=1S/C17H13Cl2IN4O2/c1-25-16-5-11(7-23-24-9-21-22-10-24)4-15(20)17(16)26-8-12-2-3-13(18)6-14(12)19/h2-7,9-10H,8H2,1H3/b23-7-. The Balaban J connectivity index is 1.80. The van der Waals surface area contributed by atoms with Crippen molar-refractivity contribution in [2.75, 3.05) is 7.11 Å². The van der Waals surface area contributed by atoms with Crippen LogP contribution in [0, 0.1) is 3.57 Å². The van der Waals surface area contributed by atoms with E-state index in [4.69, 9.17) is 32.7 Å². The van der Waals surface area contributed by atoms with Crippen LogP contribution in [0.2, 0.25) is 10.0 Å². The lowest BCUT2D eigenvalue weighted by Crippen LogP contribution is -2.01. The molecule has 0 atom stereocenters. The molecule has 0 saturated carbocycles. The van der Waals surface area contributed by atoms with Crippen molar-refractivity contribution in [1.29, 1.82) is 0 Å². The van der Waals surface area contributed by atoms with Gasteiger partial charge >= 0.3 is 0 Å². The Morgan fingerprint density at radius 3 is 2.65 bits per heavy atom. The number of aromatic nitrogens is 3. The molecule has 26 heavy (non-hydrogen) atoms. The minimum absolute atomic E-state index is 0.302. The summed E-state index contributed by atoms with van der Waals surface area (Å²) in [4.78, 5) is 0. The Kier molecular flexibility index (Phi) is 6.33. The number of hydrogen-bond acceptors (Lipinski definition) is 5. The van der Waals surface area contributed by atoms with E-state index in [1.165, 1.54) is 17.3 Å². The molecule has 2 aromatic carbocycles. The number of nitrogens with zero attached hydrogens (tertiary/aromatic N) is 4. The first-order chi connectivity index (χ1) is 12.6. The van der Waals surface area contributed by atoms with E-state index < -0.39 is 0 Å². The van der Waals surface area contributed by atoms with Gasteiger partial charge in [0.15, 0.2) is 11.5 Å². The lowest BCUT2D eigenvalue weighted by molar-refractivity contribution is 0.282. The molecular formula is C17H13Cl2IN4O2. The van der Waals surface area contributed by atoms with E-state index in [2.05, 4.69) is 37.9 Å². The first-order valence-electron chi connectivity index (χ1n) is 7.40. The van der Waals surface area contributed by atoms with Crippen LogP contribution in [0.4, 0.5) is 0 Å². The fourth-order valence-corrected chi connectivity index (χ4v) is 3.38. The Labute approximate surface area is 173 Å². The van der Waals surface area contributed by atoms with Gasteiger partial charge in [0.2, 0.25) is 0 Å². The third kappa shape index (κ3) is 4.66. The van der Waals surface area contributed by atoms with Gasteiger partial charge < -0.3 is 9.47 Å². The summed E-state index contributed by atoms with van der Waals surface area (Å²) in [5.41, 5.74) is 1.70. The summed E-state index contributed by atoms with van der Waals surface area (Å²) in [5, 5.41) is 12.8. The molecular weight excluding hydrogens is 490 g/mol. The van der Waals surface area contributed by atoms with E-state index in [9.17, 15) is 0 Å². The van der Waals surface area contributed by atoms with E-state index in [0.717, 1.165) is 14.7 Å². The number of hydrogen-bond donors (Lipinski definition) is 0. The van der Waals surface area contributed by atoms with Gasteiger partial charge in [-0.2, -0.15) is 5.10 Å². The molecule has 3 rings (SSSR count). The minimum Gasteiger partial charge on any atom is -0.493 e. The summed E-state index contributed by atoms with van der Waals surface area (Å²) in [6.07, 6.45) is 4.70. The molecule has 0 unspecified atom stereocenters. The zero-order valence-corrected chi connectivity index (χ0v) is 17.2. The summed E-state index contributed by atoms with van der Waals surface area (Å²) < 4.78 is 13.8. The first-order valence-corrected chi connectivity index (χ1v) is 9.23. The quantitative estimate of drug-likeness (QED) is 0.363. The third-order valence-corrected chi connectivity index (χ3v) is 4.77. The van der Waals surface area contributed by atoms with E-state index in [-0.39, 0.29) is 0 Å². The number of ether oxygens (including phenoxy) is 2. The highest BCUT2D eigenvalue weighted by Gasteiger charge is 2.12. The van der Waals surface area contributed by atoms with Gasteiger partial charge in [-0.05, 0) is 52.4 Å². The molecule has 0 aliphatic heterocycles. The maximum Gasteiger partial charge on any atom is 0.174 e. The second-order valence-electron chi connectivity index (χ2n) is 5.14. The van der Waals surface area contributed by atoms with Crippen LogP contribution in [0.1, 0.15) is 11.1 Å². The predicted molar refractivity (Wildman–Crippen MR) is 110 cm³/mol. The fraction of sp³-hybridized carbons (Fsp3) is 0.118. The highest BCUT2D eigenvalue weighted by molar-refractivity contribution is 14.1. The molecule has 0 amide bonds. The molecule has 0 aliphatic carbocycles. The van der Waals surface area contributed by atoms with Crippen molar-refractivity contribution in [3.05, 3.63) is 67.7 Å². The lowest BCUT2D eigenvalue weighted by atomic mass is 10.2. The molecule has 1 aromatic heterocycles. The smallest absolute Gasteiger partial charge is 0.174 e. The maximum absolute atomic E-state index is 6.20. The molecule has 1 heterocycles. The van der Waals surface area contributed by atoms with E-state index in [1.807, 2.05) is 18.2 Å². The van der Waals surface area contributed by atoms with Crippen LogP contribution in [0.15, 0.2) is 48.1 Å². The summed E-state index contributed by atoms with van der Waals surface area (Å²) in [5.74, 6) is 1.24. The van der Waals surface area contributed by atoms with Crippen molar-refractivity contribution in [1.82, 2.24) is 14.9 Å². The topological polar surface area (TPSA) is 61.5 Å². The predicted octanol–water partition coefficient (Wildman–Crippen LogP) is 4.66. The van der Waals surface area contributed by atoms with Crippen LogP contribution in [0.5, 0.6) is 11.5 Å². The van der Waals surface area contributed by atoms with Crippen LogP contribution in [0.25, 0.3) is 0 Å². The average molecular weight is 503 g/mol. The third-order valence-electron chi connectivity index (χ3n) is 3.39. The summed E-state index contributed by atoms with van der Waals surface area (Å²) in [6, 6.07) is 9.09. The maximum atomic E-state index is 6.20. The SMILES string of the molecule is COc1cc(/C=N\n2cnnc2)cc(I)c1OCc1ccc(Cl)cc1Cl. The zero-order valence-electron chi connectivity index (χ0n) is 13.6. The van der Waals surface area contributed by atoms with Gasteiger partial charge in [-0.1, -0.05) is 29.3 Å². The van der Waals surface area contributed by atoms with Gasteiger partial charge in [-0.15, -0.1) is 10.2 Å². The van der Waals surface area contributed by atoms with E-state index >= 15 is 0 Å². The monoisotopic (exact) mass is 502 g/mol. The average Bonchev–Trinajstić information content (AvgIpc) is 3.13. The molecule has 0 bridgehead atoms. The van der Waals surface area contributed by atoms with Crippen molar-refractivity contribution >= 4 is 52.0 Å². The summed E-state index contributed by atoms with van der Waals surface area (Å²) in [7, 11) is 1.59. The van der Waals surface area contributed by atoms with Gasteiger partial charge in [-0.25, -0.2) is 4.68 Å². The highest BCUT2D eigenvalue weighted by atomic mass is 127. The largest absolute Gasteiger partial charge is 0.493 e. The molecule has 0 saturated heterocycles. The second kappa shape index (κ2) is 8.70. The first kappa shape index (κ1) is 18.9. The van der Waals surface area contributed by atoms with Crippen LogP contribution in [-0.2, 0) is 6.61 Å². The molecule has 6 nitrogen and oxygen atoms in total. The normalized spacial score (nSPS) is 11.1. The Morgan fingerprint density at radius 1 is 1.19 bits per heavy atom. The Bertz CT molecular complexity index is 933. The molecule has 134 valence electrons. The number of halogens is 3. The van der Waals surface area contributed by atoms with Crippen LogP contribution in [-0.4, -0.2) is 28.2 Å². The molecule has 0 spiro atoms. The summed E-state index contributed by atoms with van der Waals surface area (Å²) in [6.45, 7) is 0.302. The molecule has 0 fully saturated rings. The summed E-state index contributed by atoms with van der Waals surface area (Å²) >= 11 is 14.3. The van der Waals surface area contributed by atoms with Crippen LogP contribution >= 0.6 is 45.8 Å². The highest BCUT2D eigenvalue weighted by Crippen LogP contribution is 2.34. The molecule has 0 aliphatic rings. The van der Waals surface area contributed by atoms with Gasteiger partial charge in [0.05, 0.1) is 16.9 Å². The van der Waals surface area contributed by atoms with Gasteiger partial charge in [0, 0.05) is 15.6 Å². The number of benzene rings is 2. The van der Waals surface area contributed by atoms with Gasteiger partial charge in [0.25, 0.3) is 0 Å². The van der Waals surface area contributed by atoms with Crippen molar-refractivity contribution < 1.29 is 9.47 Å². The minimum atomic E-state index is 0.302. The Hall–Kier alpha value is -1.84. The second-order valence-corrected chi connectivity index (χ2v) is 7.15. The molecule has 3 aromatic rings. The van der Waals surface area contributed by atoms with Crippen LogP contribution in [0.3, 0.4) is 0 Å². The van der Waals surface area contributed by atoms with Crippen LogP contribution < -0.4 is 9.47 Å². The zero-order chi connectivity index (χ0) is 18.5. The molecule has 9 heteroatoms. The van der Waals surface area contributed by atoms with Crippen molar-refractivity contribution in [2.24, 2.45) is 5.10 Å². The Morgan fingerprint density at radius 2 is 1.96 bits per heavy atom. The van der Waals surface area contributed by atoms with E-state index in [1.54, 1.807) is 25.5 Å². The number of methoxy groups -OCH3 is 1.